The number of carbonyl (C=O) groups is 2. The Labute approximate surface area is 125 Å². The van der Waals surface area contributed by atoms with Crippen molar-refractivity contribution < 1.29 is 9.59 Å². The van der Waals surface area contributed by atoms with E-state index < -0.39 is 5.91 Å². The van der Waals surface area contributed by atoms with E-state index in [0.29, 0.717) is 11.1 Å². The molecule has 0 aliphatic heterocycles. The minimum atomic E-state index is -0.447. The van der Waals surface area contributed by atoms with E-state index in [1.165, 1.54) is 6.92 Å². The zero-order chi connectivity index (χ0) is 15.0. The number of carbonyl (C=O) groups excluding carboxylic acids is 2. The zero-order valence-corrected chi connectivity index (χ0v) is 12.1. The molecule has 104 valence electrons. The molecule has 1 aromatic heterocycles. The lowest BCUT2D eigenvalue weighted by Gasteiger charge is -1.97. The number of nitrogens with two attached hydrogens (primary N) is 1. The quantitative estimate of drug-likeness (QED) is 0.754. The largest absolute Gasteiger partial charge is 0.366 e. The number of thiazole rings is 1. The lowest BCUT2D eigenvalue weighted by atomic mass is 10.1. The summed E-state index contributed by atoms with van der Waals surface area (Å²) in [5, 5.41) is 0.849. The summed E-state index contributed by atoms with van der Waals surface area (Å²) in [7, 11) is 0. The fourth-order valence-electron chi connectivity index (χ4n) is 2.05. The Balaban J connectivity index is 2.04. The number of fused-ring (bicyclic) bond motifs is 1. The highest BCUT2D eigenvalue weighted by molar-refractivity contribution is 7.21. The molecule has 4 nitrogen and oxygen atoms in total. The van der Waals surface area contributed by atoms with E-state index in [0.717, 1.165) is 20.8 Å². The number of rotatable bonds is 3. The number of hydrogen-bond donors (Lipinski definition) is 1. The van der Waals surface area contributed by atoms with Crippen LogP contribution >= 0.6 is 11.3 Å². The Kier molecular flexibility index (Phi) is 3.27. The van der Waals surface area contributed by atoms with Crippen LogP contribution in [-0.4, -0.2) is 16.7 Å². The van der Waals surface area contributed by atoms with Crippen LogP contribution in [0.15, 0.2) is 42.5 Å². The Morgan fingerprint density at radius 3 is 2.33 bits per heavy atom. The first kappa shape index (κ1) is 13.5. The fourth-order valence-corrected chi connectivity index (χ4v) is 3.00. The molecule has 0 saturated carbocycles. The Hall–Kier alpha value is -2.53. The van der Waals surface area contributed by atoms with Crippen LogP contribution in [0.1, 0.15) is 27.6 Å². The van der Waals surface area contributed by atoms with E-state index in [1.807, 2.05) is 24.3 Å². The second kappa shape index (κ2) is 5.10. The molecule has 0 bridgehead atoms. The predicted octanol–water partition coefficient (Wildman–Crippen LogP) is 3.26. The highest BCUT2D eigenvalue weighted by atomic mass is 32.1. The number of aromatic nitrogens is 1. The molecule has 1 heterocycles. The molecule has 0 atom stereocenters. The van der Waals surface area contributed by atoms with Gasteiger partial charge in [-0.3, -0.25) is 9.59 Å². The van der Waals surface area contributed by atoms with Gasteiger partial charge in [-0.2, -0.15) is 0 Å². The highest BCUT2D eigenvalue weighted by Crippen LogP contribution is 2.30. The molecule has 21 heavy (non-hydrogen) atoms. The second-order valence-electron chi connectivity index (χ2n) is 4.70. The van der Waals surface area contributed by atoms with Crippen LogP contribution in [0.4, 0.5) is 0 Å². The van der Waals surface area contributed by atoms with E-state index in [1.54, 1.807) is 29.5 Å². The Bertz CT molecular complexity index is 850. The summed E-state index contributed by atoms with van der Waals surface area (Å²) in [5.41, 5.74) is 8.08. The maximum Gasteiger partial charge on any atom is 0.248 e. The third-order valence-corrected chi connectivity index (χ3v) is 4.30. The van der Waals surface area contributed by atoms with E-state index in [9.17, 15) is 9.59 Å². The Morgan fingerprint density at radius 1 is 1.05 bits per heavy atom. The smallest absolute Gasteiger partial charge is 0.248 e. The molecule has 2 N–H and O–H groups in total. The molecule has 1 amide bonds. The van der Waals surface area contributed by atoms with Crippen LogP contribution in [0.5, 0.6) is 0 Å². The van der Waals surface area contributed by atoms with Crippen molar-refractivity contribution in [1.82, 2.24) is 4.98 Å². The van der Waals surface area contributed by atoms with Crippen molar-refractivity contribution in [3.63, 3.8) is 0 Å². The van der Waals surface area contributed by atoms with Crippen molar-refractivity contribution in [3.8, 4) is 10.6 Å². The van der Waals surface area contributed by atoms with Gasteiger partial charge in [-0.1, -0.05) is 12.1 Å². The van der Waals surface area contributed by atoms with Crippen molar-refractivity contribution in [3.05, 3.63) is 53.6 Å². The lowest BCUT2D eigenvalue weighted by Crippen LogP contribution is -2.10. The molecule has 0 unspecified atom stereocenters. The van der Waals surface area contributed by atoms with E-state index >= 15 is 0 Å². The molecule has 5 heteroatoms. The third kappa shape index (κ3) is 2.55. The maximum absolute atomic E-state index is 11.4. The first-order valence-electron chi connectivity index (χ1n) is 6.36. The van der Waals surface area contributed by atoms with Crippen molar-refractivity contribution in [2.75, 3.05) is 0 Å². The predicted molar refractivity (Wildman–Crippen MR) is 83.6 cm³/mol. The van der Waals surface area contributed by atoms with Crippen LogP contribution in [-0.2, 0) is 0 Å². The minimum Gasteiger partial charge on any atom is -0.366 e. The van der Waals surface area contributed by atoms with Gasteiger partial charge in [0.15, 0.2) is 5.78 Å². The first-order chi connectivity index (χ1) is 10.0. The fraction of sp³-hybridized carbons (Fsp3) is 0.0625. The van der Waals surface area contributed by atoms with Crippen molar-refractivity contribution in [2.45, 2.75) is 6.92 Å². The standard InChI is InChI=1S/C16H12N2O2S/c1-9(19)12-6-7-14-13(8-12)18-16(21-14)11-4-2-10(3-5-11)15(17)20/h2-8H,1H3,(H2,17,20). The number of primary amides is 1. The molecule has 3 rings (SSSR count). The summed E-state index contributed by atoms with van der Waals surface area (Å²) in [6.45, 7) is 1.54. The van der Waals surface area contributed by atoms with Gasteiger partial charge in [0.05, 0.1) is 10.2 Å². The summed E-state index contributed by atoms with van der Waals surface area (Å²) >= 11 is 1.55. The van der Waals surface area contributed by atoms with Gasteiger partial charge in [0, 0.05) is 16.7 Å². The summed E-state index contributed by atoms with van der Waals surface area (Å²) in [6.07, 6.45) is 0. The van der Waals surface area contributed by atoms with E-state index in [-0.39, 0.29) is 5.78 Å². The van der Waals surface area contributed by atoms with Gasteiger partial charge in [-0.15, -0.1) is 11.3 Å². The molecular weight excluding hydrogens is 284 g/mol. The van der Waals surface area contributed by atoms with Crippen LogP contribution in [0.2, 0.25) is 0 Å². The lowest BCUT2D eigenvalue weighted by molar-refractivity contribution is 0.0996. The average molecular weight is 296 g/mol. The number of hydrogen-bond acceptors (Lipinski definition) is 4. The van der Waals surface area contributed by atoms with Crippen LogP contribution in [0, 0.1) is 0 Å². The molecule has 0 aliphatic carbocycles. The normalized spacial score (nSPS) is 10.7. The topological polar surface area (TPSA) is 73.1 Å². The SMILES string of the molecule is CC(=O)c1ccc2sc(-c3ccc(C(N)=O)cc3)nc2c1. The van der Waals surface area contributed by atoms with Crippen molar-refractivity contribution in [2.24, 2.45) is 5.73 Å². The minimum absolute atomic E-state index is 0.0252. The van der Waals surface area contributed by atoms with Gasteiger partial charge in [-0.05, 0) is 37.3 Å². The molecule has 0 radical (unpaired) electrons. The van der Waals surface area contributed by atoms with Gasteiger partial charge in [0.25, 0.3) is 0 Å². The molecule has 2 aromatic carbocycles. The van der Waals surface area contributed by atoms with Gasteiger partial charge >= 0.3 is 0 Å². The summed E-state index contributed by atoms with van der Waals surface area (Å²) in [4.78, 5) is 27.0. The van der Waals surface area contributed by atoms with Crippen molar-refractivity contribution in [1.29, 1.82) is 0 Å². The molecule has 3 aromatic rings. The molecule has 0 fully saturated rings. The highest BCUT2D eigenvalue weighted by Gasteiger charge is 2.09. The number of nitrogens with zero attached hydrogens (tertiary/aromatic N) is 1. The number of ketones is 1. The van der Waals surface area contributed by atoms with Gasteiger partial charge in [-0.25, -0.2) is 4.98 Å². The van der Waals surface area contributed by atoms with Gasteiger partial charge < -0.3 is 5.73 Å². The van der Waals surface area contributed by atoms with Crippen LogP contribution < -0.4 is 5.73 Å². The number of benzene rings is 2. The van der Waals surface area contributed by atoms with E-state index in [4.69, 9.17) is 5.73 Å². The van der Waals surface area contributed by atoms with Gasteiger partial charge in [0.2, 0.25) is 5.91 Å². The van der Waals surface area contributed by atoms with Crippen LogP contribution in [0.3, 0.4) is 0 Å². The monoisotopic (exact) mass is 296 g/mol. The summed E-state index contributed by atoms with van der Waals surface area (Å²) in [6, 6.07) is 12.5. The summed E-state index contributed by atoms with van der Waals surface area (Å²) in [5.74, 6) is -0.422. The van der Waals surface area contributed by atoms with Crippen molar-refractivity contribution >= 4 is 33.2 Å². The Morgan fingerprint density at radius 2 is 1.71 bits per heavy atom. The first-order valence-corrected chi connectivity index (χ1v) is 7.18. The molecule has 0 spiro atoms. The molecule has 0 aliphatic rings. The average Bonchev–Trinajstić information content (AvgIpc) is 2.90. The van der Waals surface area contributed by atoms with Gasteiger partial charge in [0.1, 0.15) is 5.01 Å². The molecule has 0 saturated heterocycles. The maximum atomic E-state index is 11.4. The zero-order valence-electron chi connectivity index (χ0n) is 11.3. The van der Waals surface area contributed by atoms with E-state index in [2.05, 4.69) is 4.98 Å². The van der Waals surface area contributed by atoms with Crippen LogP contribution in [0.25, 0.3) is 20.8 Å². The summed E-state index contributed by atoms with van der Waals surface area (Å²) < 4.78 is 1.02. The number of Topliss-reactive ketones (excluding diaryl/α,β-unsaturated/α-hetero) is 1. The number of amides is 1. The third-order valence-electron chi connectivity index (χ3n) is 3.21. The second-order valence-corrected chi connectivity index (χ2v) is 5.73. The molecular formula is C16H12N2O2S.